The summed E-state index contributed by atoms with van der Waals surface area (Å²) in [5.41, 5.74) is -0.257. The molecule has 1 rings (SSSR count). The van der Waals surface area contributed by atoms with Gasteiger partial charge >= 0.3 is 0 Å². The maximum Gasteiger partial charge on any atom is 0.232 e. The van der Waals surface area contributed by atoms with Crippen LogP contribution in [0, 0.1) is 0 Å². The molecule has 0 aliphatic carbocycles. The van der Waals surface area contributed by atoms with Gasteiger partial charge in [0, 0.05) is 10.0 Å². The molecule has 4 heteroatoms. The van der Waals surface area contributed by atoms with Gasteiger partial charge in [-0.05, 0) is 48.7 Å². The second-order valence-corrected chi connectivity index (χ2v) is 4.91. The number of allylic oxidation sites excluding steroid dienone is 1. The van der Waals surface area contributed by atoms with Crippen molar-refractivity contribution in [2.45, 2.75) is 18.8 Å². The summed E-state index contributed by atoms with van der Waals surface area (Å²) in [4.78, 5) is 11.5. The second-order valence-electron chi connectivity index (χ2n) is 3.72. The number of hydrogen-bond donors (Lipinski definition) is 0. The molecule has 0 bridgehead atoms. The summed E-state index contributed by atoms with van der Waals surface area (Å²) in [6.45, 7) is 5.34. The average molecular weight is 278 g/mol. The quantitative estimate of drug-likeness (QED) is 0.581. The monoisotopic (exact) mass is 276 g/mol. The Balaban J connectivity index is 3.36. The van der Waals surface area contributed by atoms with Crippen molar-refractivity contribution in [2.24, 2.45) is 0 Å². The van der Waals surface area contributed by atoms with Crippen molar-refractivity contribution in [3.05, 3.63) is 46.5 Å². The van der Waals surface area contributed by atoms with E-state index in [0.717, 1.165) is 0 Å². The largest absolute Gasteiger partial charge is 0.280 e. The highest BCUT2D eigenvalue weighted by molar-refractivity contribution is 6.65. The SMILES string of the molecule is C=CCC(C)(C(=O)Cl)c1cc(Cl)ccc1Cl. The predicted molar refractivity (Wildman–Crippen MR) is 69.5 cm³/mol. The van der Waals surface area contributed by atoms with Crippen LogP contribution in [-0.4, -0.2) is 5.24 Å². The third-order valence-electron chi connectivity index (χ3n) is 2.51. The molecule has 0 aliphatic heterocycles. The molecule has 86 valence electrons. The minimum absolute atomic E-state index is 0.412. The van der Waals surface area contributed by atoms with E-state index >= 15 is 0 Å². The second kappa shape index (κ2) is 5.22. The summed E-state index contributed by atoms with van der Waals surface area (Å²) >= 11 is 17.6. The number of halogens is 3. The fourth-order valence-electron chi connectivity index (χ4n) is 1.51. The Labute approximate surface area is 110 Å². The Morgan fingerprint density at radius 3 is 2.62 bits per heavy atom. The topological polar surface area (TPSA) is 17.1 Å². The van der Waals surface area contributed by atoms with Crippen LogP contribution in [0.2, 0.25) is 10.0 Å². The summed E-state index contributed by atoms with van der Waals surface area (Å²) in [6.07, 6.45) is 2.05. The molecule has 0 aliphatic rings. The Bertz CT molecular complexity index is 428. The van der Waals surface area contributed by atoms with Gasteiger partial charge in [-0.25, -0.2) is 0 Å². The van der Waals surface area contributed by atoms with E-state index in [0.29, 0.717) is 22.0 Å². The third kappa shape index (κ3) is 2.60. The number of benzene rings is 1. The highest BCUT2D eigenvalue weighted by atomic mass is 35.5. The molecule has 1 aromatic rings. The average Bonchev–Trinajstić information content (AvgIpc) is 2.21. The molecule has 0 saturated carbocycles. The Hall–Kier alpha value is -0.500. The van der Waals surface area contributed by atoms with E-state index < -0.39 is 10.7 Å². The van der Waals surface area contributed by atoms with Crippen LogP contribution in [0.3, 0.4) is 0 Å². The van der Waals surface area contributed by atoms with Gasteiger partial charge in [-0.2, -0.15) is 0 Å². The lowest BCUT2D eigenvalue weighted by molar-refractivity contribution is -0.116. The van der Waals surface area contributed by atoms with E-state index in [1.54, 1.807) is 31.2 Å². The standard InChI is InChI=1S/C12H11Cl3O/c1-3-6-12(2,11(15)16)9-7-8(13)4-5-10(9)14/h3-5,7H,1,6H2,2H3. The number of carbonyl (C=O) groups is 1. The van der Waals surface area contributed by atoms with E-state index in [4.69, 9.17) is 34.8 Å². The first-order valence-electron chi connectivity index (χ1n) is 4.68. The van der Waals surface area contributed by atoms with Gasteiger partial charge in [0.1, 0.15) is 0 Å². The maximum absolute atomic E-state index is 11.5. The van der Waals surface area contributed by atoms with Crippen LogP contribution in [0.25, 0.3) is 0 Å². The van der Waals surface area contributed by atoms with E-state index in [1.807, 2.05) is 0 Å². The van der Waals surface area contributed by atoms with Gasteiger partial charge in [-0.3, -0.25) is 4.79 Å². The predicted octanol–water partition coefficient (Wildman–Crippen LogP) is 4.59. The smallest absolute Gasteiger partial charge is 0.232 e. The molecule has 0 amide bonds. The normalized spacial score (nSPS) is 14.2. The third-order valence-corrected chi connectivity index (χ3v) is 3.49. The van der Waals surface area contributed by atoms with Crippen LogP contribution in [0.1, 0.15) is 18.9 Å². The molecule has 0 heterocycles. The van der Waals surface area contributed by atoms with Crippen molar-refractivity contribution >= 4 is 40.0 Å². The molecule has 0 saturated heterocycles. The van der Waals surface area contributed by atoms with Crippen molar-refractivity contribution in [1.82, 2.24) is 0 Å². The van der Waals surface area contributed by atoms with Gasteiger partial charge in [-0.15, -0.1) is 6.58 Å². The highest BCUT2D eigenvalue weighted by Crippen LogP contribution is 2.36. The maximum atomic E-state index is 11.5. The number of rotatable bonds is 4. The molecule has 1 atom stereocenters. The molecular weight excluding hydrogens is 266 g/mol. The molecule has 0 N–H and O–H groups in total. The molecule has 1 nitrogen and oxygen atoms in total. The van der Waals surface area contributed by atoms with Gasteiger partial charge in [-0.1, -0.05) is 29.3 Å². The molecular formula is C12H11Cl3O. The van der Waals surface area contributed by atoms with E-state index in [2.05, 4.69) is 6.58 Å². The van der Waals surface area contributed by atoms with Crippen molar-refractivity contribution < 1.29 is 4.79 Å². The zero-order valence-corrected chi connectivity index (χ0v) is 11.0. The van der Waals surface area contributed by atoms with Crippen LogP contribution in [0.5, 0.6) is 0 Å². The fourth-order valence-corrected chi connectivity index (χ4v) is 2.18. The highest BCUT2D eigenvalue weighted by Gasteiger charge is 2.34. The van der Waals surface area contributed by atoms with Crippen LogP contribution in [0.15, 0.2) is 30.9 Å². The van der Waals surface area contributed by atoms with E-state index in [1.165, 1.54) is 0 Å². The van der Waals surface area contributed by atoms with Gasteiger partial charge in [0.25, 0.3) is 0 Å². The van der Waals surface area contributed by atoms with E-state index in [9.17, 15) is 4.79 Å². The molecule has 0 aromatic heterocycles. The summed E-state index contributed by atoms with van der Waals surface area (Å²) in [6, 6.07) is 4.98. The lowest BCUT2D eigenvalue weighted by Crippen LogP contribution is -2.28. The van der Waals surface area contributed by atoms with Gasteiger partial charge in [0.2, 0.25) is 5.24 Å². The molecule has 0 spiro atoms. The van der Waals surface area contributed by atoms with Crippen molar-refractivity contribution in [1.29, 1.82) is 0 Å². The summed E-state index contributed by atoms with van der Waals surface area (Å²) in [5, 5.41) is 0.520. The van der Waals surface area contributed by atoms with Gasteiger partial charge < -0.3 is 0 Å². The van der Waals surface area contributed by atoms with Crippen LogP contribution >= 0.6 is 34.8 Å². The Morgan fingerprint density at radius 2 is 2.12 bits per heavy atom. The van der Waals surface area contributed by atoms with E-state index in [-0.39, 0.29) is 0 Å². The fraction of sp³-hybridized carbons (Fsp3) is 0.250. The minimum Gasteiger partial charge on any atom is -0.280 e. The van der Waals surface area contributed by atoms with Gasteiger partial charge in [0.15, 0.2) is 0 Å². The zero-order chi connectivity index (χ0) is 12.3. The summed E-state index contributed by atoms with van der Waals surface area (Å²) < 4.78 is 0. The number of hydrogen-bond acceptors (Lipinski definition) is 1. The molecule has 1 unspecified atom stereocenters. The van der Waals surface area contributed by atoms with Crippen LogP contribution in [0.4, 0.5) is 0 Å². The lowest BCUT2D eigenvalue weighted by Gasteiger charge is -2.25. The lowest BCUT2D eigenvalue weighted by atomic mass is 9.80. The van der Waals surface area contributed by atoms with Crippen LogP contribution < -0.4 is 0 Å². The first kappa shape index (κ1) is 13.6. The minimum atomic E-state index is -0.884. The first-order chi connectivity index (χ1) is 7.41. The molecule has 16 heavy (non-hydrogen) atoms. The molecule has 0 radical (unpaired) electrons. The van der Waals surface area contributed by atoms with Crippen molar-refractivity contribution in [2.75, 3.05) is 0 Å². The summed E-state index contributed by atoms with van der Waals surface area (Å²) in [5.74, 6) is 0. The molecule has 1 aromatic carbocycles. The van der Waals surface area contributed by atoms with Crippen molar-refractivity contribution in [3.8, 4) is 0 Å². The first-order valence-corrected chi connectivity index (χ1v) is 5.81. The van der Waals surface area contributed by atoms with Crippen LogP contribution in [-0.2, 0) is 10.2 Å². The Kier molecular flexibility index (Phi) is 4.43. The Morgan fingerprint density at radius 1 is 1.50 bits per heavy atom. The summed E-state index contributed by atoms with van der Waals surface area (Å²) in [7, 11) is 0. The number of carbonyl (C=O) groups excluding carboxylic acids is 1. The molecule has 0 fully saturated rings. The van der Waals surface area contributed by atoms with Crippen molar-refractivity contribution in [3.63, 3.8) is 0 Å². The van der Waals surface area contributed by atoms with Gasteiger partial charge in [0.05, 0.1) is 5.41 Å². The zero-order valence-electron chi connectivity index (χ0n) is 8.77.